The first kappa shape index (κ1) is 25.0. The van der Waals surface area contributed by atoms with E-state index in [1.54, 1.807) is 11.8 Å². The summed E-state index contributed by atoms with van der Waals surface area (Å²) in [5, 5.41) is 10.4. The zero-order chi connectivity index (χ0) is 24.5. The van der Waals surface area contributed by atoms with Crippen molar-refractivity contribution in [2.45, 2.75) is 37.7 Å². The van der Waals surface area contributed by atoms with Crippen LogP contribution in [-0.2, 0) is 6.61 Å². The van der Waals surface area contributed by atoms with E-state index in [-0.39, 0.29) is 0 Å². The smallest absolute Gasteiger partial charge is 0.154 e. The molecule has 1 aromatic heterocycles. The minimum atomic E-state index is 0.432. The number of piperidine rings is 1. The molecule has 2 heterocycles. The molecule has 4 aromatic rings. The Morgan fingerprint density at radius 1 is 0.886 bits per heavy atom. The van der Waals surface area contributed by atoms with Gasteiger partial charge in [0.15, 0.2) is 5.82 Å². The van der Waals surface area contributed by atoms with Gasteiger partial charge in [-0.25, -0.2) is 0 Å². The summed E-state index contributed by atoms with van der Waals surface area (Å²) in [7, 11) is 0. The molecule has 0 amide bonds. The first-order valence-electron chi connectivity index (χ1n) is 12.3. The fourth-order valence-corrected chi connectivity index (χ4v) is 4.71. The van der Waals surface area contributed by atoms with Gasteiger partial charge in [0.2, 0.25) is 0 Å². The first-order valence-corrected chi connectivity index (χ1v) is 13.5. The lowest BCUT2D eigenvalue weighted by molar-refractivity contribution is 0.240. The second-order valence-electron chi connectivity index (χ2n) is 8.61. The van der Waals surface area contributed by atoms with E-state index in [1.807, 2.05) is 48.5 Å². The Kier molecular flexibility index (Phi) is 8.98. The average Bonchev–Trinajstić information content (AvgIpc) is 2.94. The summed E-state index contributed by atoms with van der Waals surface area (Å²) in [4.78, 5) is 3.65. The Labute approximate surface area is 212 Å². The fourth-order valence-electron chi connectivity index (χ4n) is 4.28. The molecule has 1 saturated heterocycles. The van der Waals surface area contributed by atoms with Crippen LogP contribution in [0.5, 0.6) is 5.75 Å². The largest absolute Gasteiger partial charge is 0.488 e. The number of aromatic nitrogens is 2. The summed E-state index contributed by atoms with van der Waals surface area (Å²) in [6.45, 7) is 6.67. The molecule has 0 aliphatic carbocycles. The molecule has 0 saturated carbocycles. The Hall–Kier alpha value is -3.09. The van der Waals surface area contributed by atoms with Gasteiger partial charge in [-0.3, -0.25) is 0 Å². The predicted molar refractivity (Wildman–Crippen MR) is 148 cm³/mol. The van der Waals surface area contributed by atoms with Crippen molar-refractivity contribution < 1.29 is 4.74 Å². The topological polar surface area (TPSA) is 64.3 Å². The highest BCUT2D eigenvalue weighted by Crippen LogP contribution is 2.37. The zero-order valence-corrected chi connectivity index (χ0v) is 21.4. The van der Waals surface area contributed by atoms with Crippen LogP contribution >= 0.6 is 11.8 Å². The van der Waals surface area contributed by atoms with Crippen LogP contribution in [0.3, 0.4) is 0 Å². The van der Waals surface area contributed by atoms with Gasteiger partial charge in [0.25, 0.3) is 0 Å². The Morgan fingerprint density at radius 3 is 2.29 bits per heavy atom. The molecule has 6 heteroatoms. The van der Waals surface area contributed by atoms with Crippen molar-refractivity contribution in [1.29, 1.82) is 0 Å². The summed E-state index contributed by atoms with van der Waals surface area (Å²) < 4.78 is 6.19. The van der Waals surface area contributed by atoms with Crippen molar-refractivity contribution >= 4 is 28.4 Å². The molecular weight excluding hydrogens is 452 g/mol. The van der Waals surface area contributed by atoms with Crippen molar-refractivity contribution in [2.75, 3.05) is 31.6 Å². The van der Waals surface area contributed by atoms with Crippen molar-refractivity contribution in [2.24, 2.45) is 0 Å². The van der Waals surface area contributed by atoms with Crippen LogP contribution < -0.4 is 10.5 Å². The molecule has 5 rings (SSSR count). The number of hydrogen-bond donors (Lipinski definition) is 1. The minimum Gasteiger partial charge on any atom is -0.488 e. The fraction of sp³-hybridized carbons (Fsp3) is 0.310. The maximum atomic E-state index is 6.19. The molecule has 2 N–H and O–H groups in total. The number of rotatable bonds is 6. The number of nitrogen functional groups attached to an aromatic ring is 1. The van der Waals surface area contributed by atoms with Crippen LogP contribution in [-0.4, -0.2) is 41.0 Å². The van der Waals surface area contributed by atoms with Crippen LogP contribution in [0.2, 0.25) is 0 Å². The summed E-state index contributed by atoms with van der Waals surface area (Å²) in [6, 6.07) is 24.2. The molecule has 3 aromatic carbocycles. The molecule has 1 fully saturated rings. The molecular formula is C29H34N4OS. The van der Waals surface area contributed by atoms with Gasteiger partial charge in [-0.1, -0.05) is 67.9 Å². The minimum absolute atomic E-state index is 0.432. The molecule has 1 aliphatic rings. The van der Waals surface area contributed by atoms with Gasteiger partial charge in [-0.05, 0) is 62.5 Å². The highest BCUT2D eigenvalue weighted by molar-refractivity contribution is 7.98. The van der Waals surface area contributed by atoms with Crippen LogP contribution in [0, 0.1) is 0 Å². The van der Waals surface area contributed by atoms with Crippen LogP contribution in [0.4, 0.5) is 5.82 Å². The third-order valence-electron chi connectivity index (χ3n) is 6.29. The number of thioether (sulfide) groups is 1. The number of nitrogens with two attached hydrogens (primary N) is 1. The van der Waals surface area contributed by atoms with E-state index in [1.165, 1.54) is 38.9 Å². The number of ether oxygens (including phenoxy) is 1. The van der Waals surface area contributed by atoms with Crippen molar-refractivity contribution in [3.8, 4) is 17.0 Å². The van der Waals surface area contributed by atoms with E-state index in [2.05, 4.69) is 52.5 Å². The van der Waals surface area contributed by atoms with Gasteiger partial charge in [-0.2, -0.15) is 0 Å². The standard InChI is InChI=1S/C22H19N3OS.C7H15N/c1-27-16-11-12-19(20(13-16)26-14-15-7-3-2-4-8-15)21-17-9-5-6-10-18(17)22(23)25-24-21;1-2-8-6-4-3-5-7-8/h2-13H,14H2,1H3,(H2,23,25);2-7H2,1H3. The third-order valence-corrected chi connectivity index (χ3v) is 7.02. The lowest BCUT2D eigenvalue weighted by Gasteiger charge is -2.24. The molecule has 5 nitrogen and oxygen atoms in total. The highest BCUT2D eigenvalue weighted by atomic mass is 32.2. The maximum absolute atomic E-state index is 6.19. The van der Waals surface area contributed by atoms with Crippen molar-refractivity contribution in [1.82, 2.24) is 15.1 Å². The van der Waals surface area contributed by atoms with E-state index < -0.39 is 0 Å². The normalized spacial score (nSPS) is 13.8. The van der Waals surface area contributed by atoms with E-state index in [0.29, 0.717) is 12.4 Å². The summed E-state index contributed by atoms with van der Waals surface area (Å²) in [5.74, 6) is 1.22. The lowest BCUT2D eigenvalue weighted by Crippen LogP contribution is -2.29. The van der Waals surface area contributed by atoms with Crippen LogP contribution in [0.25, 0.3) is 22.0 Å². The van der Waals surface area contributed by atoms with E-state index >= 15 is 0 Å². The highest BCUT2D eigenvalue weighted by Gasteiger charge is 2.15. The summed E-state index contributed by atoms with van der Waals surface area (Å²) >= 11 is 1.68. The number of likely N-dealkylation sites (tertiary alicyclic amines) is 1. The van der Waals surface area contributed by atoms with Crippen molar-refractivity contribution in [3.05, 3.63) is 78.4 Å². The molecule has 0 bridgehead atoms. The second kappa shape index (κ2) is 12.6. The van der Waals surface area contributed by atoms with Crippen molar-refractivity contribution in [3.63, 3.8) is 0 Å². The number of hydrogen-bond acceptors (Lipinski definition) is 6. The monoisotopic (exact) mass is 486 g/mol. The first-order chi connectivity index (χ1) is 17.2. The van der Waals surface area contributed by atoms with Gasteiger partial charge in [0.05, 0.1) is 0 Å². The van der Waals surface area contributed by atoms with Gasteiger partial charge < -0.3 is 15.4 Å². The Balaban J connectivity index is 0.000000308. The van der Waals surface area contributed by atoms with Gasteiger partial charge in [-0.15, -0.1) is 22.0 Å². The predicted octanol–water partition coefficient (Wildman–Crippen LogP) is 6.67. The molecule has 0 radical (unpaired) electrons. The molecule has 0 unspecified atom stereocenters. The maximum Gasteiger partial charge on any atom is 0.154 e. The number of anilines is 1. The van der Waals surface area contributed by atoms with E-state index in [0.717, 1.165) is 38.2 Å². The van der Waals surface area contributed by atoms with E-state index in [9.17, 15) is 0 Å². The Bertz CT molecular complexity index is 1230. The second-order valence-corrected chi connectivity index (χ2v) is 9.49. The zero-order valence-electron chi connectivity index (χ0n) is 20.6. The van der Waals surface area contributed by atoms with Crippen LogP contribution in [0.15, 0.2) is 77.7 Å². The summed E-state index contributed by atoms with van der Waals surface area (Å²) in [5.41, 5.74) is 8.81. The molecule has 35 heavy (non-hydrogen) atoms. The number of nitrogens with zero attached hydrogens (tertiary/aromatic N) is 3. The molecule has 0 spiro atoms. The summed E-state index contributed by atoms with van der Waals surface area (Å²) in [6.07, 6.45) is 6.35. The average molecular weight is 487 g/mol. The quantitative estimate of drug-likeness (QED) is 0.307. The lowest BCUT2D eigenvalue weighted by atomic mass is 10.0. The Morgan fingerprint density at radius 2 is 1.60 bits per heavy atom. The molecule has 0 atom stereocenters. The third kappa shape index (κ3) is 6.53. The van der Waals surface area contributed by atoms with Gasteiger partial charge >= 0.3 is 0 Å². The molecule has 182 valence electrons. The van der Waals surface area contributed by atoms with Crippen LogP contribution in [0.1, 0.15) is 31.7 Å². The SMILES string of the molecule is CCN1CCCCC1.CSc1ccc(-c2nnc(N)c3ccccc23)c(OCc2ccccc2)c1. The number of benzene rings is 3. The van der Waals surface area contributed by atoms with Gasteiger partial charge in [0, 0.05) is 21.2 Å². The van der Waals surface area contributed by atoms with Gasteiger partial charge in [0.1, 0.15) is 18.1 Å². The number of fused-ring (bicyclic) bond motifs is 1. The van der Waals surface area contributed by atoms with E-state index in [4.69, 9.17) is 10.5 Å². The molecule has 1 aliphatic heterocycles.